The summed E-state index contributed by atoms with van der Waals surface area (Å²) in [5.41, 5.74) is 0.303. The molecule has 3 unspecified atom stereocenters. The van der Waals surface area contributed by atoms with Gasteiger partial charge < -0.3 is 15.4 Å². The molecule has 0 bridgehead atoms. The van der Waals surface area contributed by atoms with E-state index in [1.807, 2.05) is 6.92 Å². The number of nitrogens with one attached hydrogen (secondary N) is 2. The van der Waals surface area contributed by atoms with Crippen molar-refractivity contribution >= 4 is 17.8 Å². The third kappa shape index (κ3) is 8.12. The van der Waals surface area contributed by atoms with Gasteiger partial charge in [-0.05, 0) is 26.7 Å². The van der Waals surface area contributed by atoms with Gasteiger partial charge >= 0.3 is 5.97 Å². The lowest BCUT2D eigenvalue weighted by Gasteiger charge is -2.28. The smallest absolute Gasteiger partial charge is 0.333 e. The van der Waals surface area contributed by atoms with Crippen molar-refractivity contribution in [1.29, 1.82) is 0 Å². The third-order valence-corrected chi connectivity index (χ3v) is 3.04. The fourth-order valence-corrected chi connectivity index (χ4v) is 1.90. The molecule has 0 fully saturated rings. The summed E-state index contributed by atoms with van der Waals surface area (Å²) < 4.78 is 5.26. The van der Waals surface area contributed by atoms with Crippen LogP contribution in [-0.2, 0) is 19.1 Å². The molecule has 21 heavy (non-hydrogen) atoms. The predicted octanol–water partition coefficient (Wildman–Crippen LogP) is 1.30. The van der Waals surface area contributed by atoms with Crippen LogP contribution in [0.2, 0.25) is 0 Å². The Morgan fingerprint density at radius 1 is 1.10 bits per heavy atom. The van der Waals surface area contributed by atoms with Crippen LogP contribution in [0.5, 0.6) is 0 Å². The molecule has 0 aromatic carbocycles. The fraction of sp³-hybridized carbons (Fsp3) is 0.667. The predicted molar refractivity (Wildman–Crippen MR) is 80.5 cm³/mol. The minimum absolute atomic E-state index is 0.0923. The molecule has 0 aliphatic rings. The second-order valence-electron chi connectivity index (χ2n) is 5.24. The molecule has 2 amide bonds. The van der Waals surface area contributed by atoms with Crippen LogP contribution in [-0.4, -0.2) is 36.0 Å². The molecule has 0 saturated carbocycles. The van der Waals surface area contributed by atoms with Crippen molar-refractivity contribution < 1.29 is 19.1 Å². The highest BCUT2D eigenvalue weighted by Gasteiger charge is 2.25. The lowest BCUT2D eigenvalue weighted by Crippen LogP contribution is -2.48. The standard InChI is InChI=1S/C15H26N2O4/c1-7-13(16-11(5)18)8-14(17-12(6)19)10(4)21-15(20)9(2)3/h10,13-14H,2,7-8H2,1,3-6H3,(H,16,18)(H,17,19). The number of amides is 2. The van der Waals surface area contributed by atoms with Gasteiger partial charge in [-0.15, -0.1) is 0 Å². The molecule has 120 valence electrons. The Morgan fingerprint density at radius 2 is 1.62 bits per heavy atom. The van der Waals surface area contributed by atoms with E-state index in [9.17, 15) is 14.4 Å². The van der Waals surface area contributed by atoms with Crippen LogP contribution in [0.25, 0.3) is 0 Å². The van der Waals surface area contributed by atoms with E-state index in [1.54, 1.807) is 13.8 Å². The summed E-state index contributed by atoms with van der Waals surface area (Å²) in [6.45, 7) is 11.6. The van der Waals surface area contributed by atoms with E-state index in [0.717, 1.165) is 6.42 Å². The van der Waals surface area contributed by atoms with Gasteiger partial charge in [0.15, 0.2) is 0 Å². The molecule has 0 radical (unpaired) electrons. The summed E-state index contributed by atoms with van der Waals surface area (Å²) in [6, 6.07) is -0.465. The highest BCUT2D eigenvalue weighted by Crippen LogP contribution is 2.11. The van der Waals surface area contributed by atoms with E-state index in [-0.39, 0.29) is 23.9 Å². The summed E-state index contributed by atoms with van der Waals surface area (Å²) >= 11 is 0. The zero-order valence-electron chi connectivity index (χ0n) is 13.5. The number of hydrogen-bond donors (Lipinski definition) is 2. The zero-order chi connectivity index (χ0) is 16.6. The van der Waals surface area contributed by atoms with Crippen molar-refractivity contribution in [1.82, 2.24) is 10.6 Å². The van der Waals surface area contributed by atoms with Gasteiger partial charge in [-0.25, -0.2) is 4.79 Å². The van der Waals surface area contributed by atoms with Gasteiger partial charge in [0.2, 0.25) is 11.8 Å². The largest absolute Gasteiger partial charge is 0.457 e. The summed E-state index contributed by atoms with van der Waals surface area (Å²) in [5.74, 6) is -0.837. The Labute approximate surface area is 126 Å². The first-order chi connectivity index (χ1) is 9.67. The minimum Gasteiger partial charge on any atom is -0.457 e. The van der Waals surface area contributed by atoms with E-state index in [1.165, 1.54) is 13.8 Å². The van der Waals surface area contributed by atoms with Crippen molar-refractivity contribution in [3.63, 3.8) is 0 Å². The molecule has 0 aromatic heterocycles. The SMILES string of the molecule is C=C(C)C(=O)OC(C)C(CC(CC)NC(C)=O)NC(C)=O. The molecule has 6 heteroatoms. The molecular formula is C15H26N2O4. The van der Waals surface area contributed by atoms with Gasteiger partial charge in [0.1, 0.15) is 6.10 Å². The Kier molecular flexibility index (Phi) is 8.35. The van der Waals surface area contributed by atoms with Crippen LogP contribution in [0.3, 0.4) is 0 Å². The Bertz CT molecular complexity index is 406. The summed E-state index contributed by atoms with van der Waals surface area (Å²) in [6.07, 6.45) is 0.692. The monoisotopic (exact) mass is 298 g/mol. The average molecular weight is 298 g/mol. The lowest BCUT2D eigenvalue weighted by atomic mass is 10.0. The molecule has 0 saturated heterocycles. The fourth-order valence-electron chi connectivity index (χ4n) is 1.90. The molecule has 0 rings (SSSR count). The minimum atomic E-state index is -0.513. The molecule has 6 nitrogen and oxygen atoms in total. The highest BCUT2D eigenvalue weighted by molar-refractivity contribution is 5.87. The summed E-state index contributed by atoms with van der Waals surface area (Å²) in [5, 5.41) is 5.58. The number of carbonyl (C=O) groups excluding carboxylic acids is 3. The van der Waals surface area contributed by atoms with Gasteiger partial charge in [-0.1, -0.05) is 13.5 Å². The van der Waals surface area contributed by atoms with E-state index in [4.69, 9.17) is 4.74 Å². The van der Waals surface area contributed by atoms with Gasteiger partial charge in [-0.2, -0.15) is 0 Å². The number of rotatable bonds is 8. The van der Waals surface area contributed by atoms with E-state index in [0.29, 0.717) is 12.0 Å². The zero-order valence-corrected chi connectivity index (χ0v) is 13.5. The number of ether oxygens (including phenoxy) is 1. The first-order valence-electron chi connectivity index (χ1n) is 7.08. The van der Waals surface area contributed by atoms with Crippen LogP contribution in [0.4, 0.5) is 0 Å². The summed E-state index contributed by atoms with van der Waals surface area (Å²) in [7, 11) is 0. The molecule has 2 N–H and O–H groups in total. The Balaban J connectivity index is 4.83. The van der Waals surface area contributed by atoms with Crippen LogP contribution in [0.15, 0.2) is 12.2 Å². The maximum Gasteiger partial charge on any atom is 0.333 e. The van der Waals surface area contributed by atoms with E-state index in [2.05, 4.69) is 17.2 Å². The highest BCUT2D eigenvalue weighted by atomic mass is 16.5. The van der Waals surface area contributed by atoms with Crippen LogP contribution < -0.4 is 10.6 Å². The van der Waals surface area contributed by atoms with Crippen LogP contribution in [0, 0.1) is 0 Å². The van der Waals surface area contributed by atoms with Crippen LogP contribution in [0.1, 0.15) is 47.5 Å². The molecule has 0 heterocycles. The molecule has 0 aliphatic carbocycles. The molecule has 0 aliphatic heterocycles. The average Bonchev–Trinajstić information content (AvgIpc) is 2.35. The normalized spacial score (nSPS) is 14.5. The van der Waals surface area contributed by atoms with E-state index >= 15 is 0 Å². The van der Waals surface area contributed by atoms with Gasteiger partial charge in [0.25, 0.3) is 0 Å². The van der Waals surface area contributed by atoms with Gasteiger partial charge in [0, 0.05) is 25.5 Å². The van der Waals surface area contributed by atoms with E-state index < -0.39 is 12.1 Å². The van der Waals surface area contributed by atoms with Gasteiger partial charge in [0.05, 0.1) is 6.04 Å². The molecule has 3 atom stereocenters. The first kappa shape index (κ1) is 19.1. The quantitative estimate of drug-likeness (QED) is 0.522. The Hall–Kier alpha value is -1.85. The third-order valence-electron chi connectivity index (χ3n) is 3.04. The van der Waals surface area contributed by atoms with Crippen LogP contribution >= 0.6 is 0 Å². The first-order valence-corrected chi connectivity index (χ1v) is 7.08. The second kappa shape index (κ2) is 9.15. The van der Waals surface area contributed by atoms with Crippen molar-refractivity contribution in [2.45, 2.75) is 65.6 Å². The van der Waals surface area contributed by atoms with Crippen molar-refractivity contribution in [3.05, 3.63) is 12.2 Å². The topological polar surface area (TPSA) is 84.5 Å². The summed E-state index contributed by atoms with van der Waals surface area (Å²) in [4.78, 5) is 34.0. The number of carbonyl (C=O) groups is 3. The molecule has 0 aromatic rings. The van der Waals surface area contributed by atoms with Crippen molar-refractivity contribution in [2.24, 2.45) is 0 Å². The lowest BCUT2D eigenvalue weighted by molar-refractivity contribution is -0.146. The maximum absolute atomic E-state index is 11.6. The number of hydrogen-bond acceptors (Lipinski definition) is 4. The second-order valence-corrected chi connectivity index (χ2v) is 5.24. The van der Waals surface area contributed by atoms with Gasteiger partial charge in [-0.3, -0.25) is 9.59 Å². The number of esters is 1. The van der Waals surface area contributed by atoms with Crippen molar-refractivity contribution in [2.75, 3.05) is 0 Å². The van der Waals surface area contributed by atoms with Crippen molar-refractivity contribution in [3.8, 4) is 0 Å². The maximum atomic E-state index is 11.6. The Morgan fingerprint density at radius 3 is 2.00 bits per heavy atom. The molecule has 0 spiro atoms. The molecular weight excluding hydrogens is 272 g/mol.